The second kappa shape index (κ2) is 12.1. The lowest BCUT2D eigenvalue weighted by atomic mass is 10.4. The van der Waals surface area contributed by atoms with Gasteiger partial charge in [0.05, 0.1) is 38.4 Å². The lowest BCUT2D eigenvalue weighted by Crippen LogP contribution is -2.27. The van der Waals surface area contributed by atoms with Gasteiger partial charge in [-0.2, -0.15) is 0 Å². The number of esters is 1. The first-order valence-electron chi connectivity index (χ1n) is 7.49. The number of hydrogen-bond acceptors (Lipinski definition) is 5. The summed E-state index contributed by atoms with van der Waals surface area (Å²) >= 11 is 0. The van der Waals surface area contributed by atoms with Crippen LogP contribution < -0.4 is 0 Å². The molecule has 0 saturated heterocycles. The zero-order valence-corrected chi connectivity index (χ0v) is 13.7. The second-order valence-electron chi connectivity index (χ2n) is 5.47. The summed E-state index contributed by atoms with van der Waals surface area (Å²) in [6.07, 6.45) is 1.65. The molecule has 5 heteroatoms. The number of rotatable bonds is 12. The number of ether oxygens (including phenoxy) is 3. The maximum Gasteiger partial charge on any atom is 0.307 e. The summed E-state index contributed by atoms with van der Waals surface area (Å²) < 4.78 is 16.0. The van der Waals surface area contributed by atoms with Crippen molar-refractivity contribution < 1.29 is 19.0 Å². The Balaban J connectivity index is 3.43. The fourth-order valence-corrected chi connectivity index (χ4v) is 1.47. The van der Waals surface area contributed by atoms with Crippen LogP contribution in [0, 0.1) is 0 Å². The molecule has 0 aliphatic rings. The van der Waals surface area contributed by atoms with Gasteiger partial charge in [0.2, 0.25) is 0 Å². The molecule has 0 aromatic rings. The summed E-state index contributed by atoms with van der Waals surface area (Å²) in [7, 11) is 1.98. The largest absolute Gasteiger partial charge is 0.466 e. The predicted molar refractivity (Wildman–Crippen MR) is 79.9 cm³/mol. The first-order valence-corrected chi connectivity index (χ1v) is 7.49. The summed E-state index contributed by atoms with van der Waals surface area (Å²) in [5.74, 6) is -0.147. The molecular formula is C15H31NO4. The molecule has 0 N–H and O–H groups in total. The molecule has 120 valence electrons. The van der Waals surface area contributed by atoms with E-state index in [2.05, 4.69) is 4.90 Å². The zero-order chi connectivity index (χ0) is 15.4. The van der Waals surface area contributed by atoms with Crippen LogP contribution in [0.4, 0.5) is 0 Å². The highest BCUT2D eigenvalue weighted by Gasteiger charge is 2.06. The van der Waals surface area contributed by atoms with Gasteiger partial charge in [-0.25, -0.2) is 0 Å². The second-order valence-corrected chi connectivity index (χ2v) is 5.47. The molecule has 0 amide bonds. The lowest BCUT2D eigenvalue weighted by Gasteiger charge is -2.17. The van der Waals surface area contributed by atoms with Gasteiger partial charge in [0.25, 0.3) is 0 Å². The van der Waals surface area contributed by atoms with Crippen LogP contribution in [0.3, 0.4) is 0 Å². The van der Waals surface area contributed by atoms with E-state index < -0.39 is 0 Å². The third kappa shape index (κ3) is 13.8. The lowest BCUT2D eigenvalue weighted by molar-refractivity contribution is -0.144. The van der Waals surface area contributed by atoms with Gasteiger partial charge >= 0.3 is 5.97 Å². The smallest absolute Gasteiger partial charge is 0.307 e. The van der Waals surface area contributed by atoms with Crippen molar-refractivity contribution in [1.82, 2.24) is 4.90 Å². The maximum absolute atomic E-state index is 11.5. The number of likely N-dealkylation sites (N-methyl/N-ethyl adjacent to an activating group) is 1. The number of carbonyl (C=O) groups excluding carboxylic acids is 1. The van der Waals surface area contributed by atoms with Crippen LogP contribution in [-0.2, 0) is 19.0 Å². The van der Waals surface area contributed by atoms with E-state index in [0.717, 1.165) is 13.0 Å². The van der Waals surface area contributed by atoms with Gasteiger partial charge in [0.1, 0.15) is 0 Å². The molecule has 0 heterocycles. The van der Waals surface area contributed by atoms with E-state index >= 15 is 0 Å². The molecule has 0 rings (SSSR count). The Morgan fingerprint density at radius 2 is 1.55 bits per heavy atom. The zero-order valence-electron chi connectivity index (χ0n) is 13.7. The Morgan fingerprint density at radius 3 is 2.15 bits per heavy atom. The average Bonchev–Trinajstić information content (AvgIpc) is 2.35. The van der Waals surface area contributed by atoms with Gasteiger partial charge < -0.3 is 19.1 Å². The summed E-state index contributed by atoms with van der Waals surface area (Å²) in [4.78, 5) is 13.6. The minimum Gasteiger partial charge on any atom is -0.466 e. The highest BCUT2D eigenvalue weighted by atomic mass is 16.5. The van der Waals surface area contributed by atoms with Crippen molar-refractivity contribution in [2.75, 3.05) is 40.0 Å². The molecular weight excluding hydrogens is 258 g/mol. The van der Waals surface area contributed by atoms with Crippen molar-refractivity contribution in [3.8, 4) is 0 Å². The van der Waals surface area contributed by atoms with Crippen LogP contribution in [0.1, 0.15) is 40.5 Å². The third-order valence-corrected chi connectivity index (χ3v) is 2.62. The fraction of sp³-hybridized carbons (Fsp3) is 0.933. The van der Waals surface area contributed by atoms with Crippen LogP contribution in [0.5, 0.6) is 0 Å². The molecule has 0 aromatic carbocycles. The van der Waals surface area contributed by atoms with Gasteiger partial charge in [-0.05, 0) is 34.7 Å². The minimum absolute atomic E-state index is 0.147. The van der Waals surface area contributed by atoms with Gasteiger partial charge in [0.15, 0.2) is 0 Å². The summed E-state index contributed by atoms with van der Waals surface area (Å²) in [5.41, 5.74) is 0. The van der Waals surface area contributed by atoms with Crippen LogP contribution >= 0.6 is 0 Å². The predicted octanol–water partition coefficient (Wildman–Crippen LogP) is 2.09. The van der Waals surface area contributed by atoms with Crippen molar-refractivity contribution in [2.45, 2.75) is 52.7 Å². The Morgan fingerprint density at radius 1 is 0.950 bits per heavy atom. The summed E-state index contributed by atoms with van der Waals surface area (Å²) in [5, 5.41) is 0. The highest BCUT2D eigenvalue weighted by molar-refractivity contribution is 5.69. The molecule has 0 aliphatic carbocycles. The quantitative estimate of drug-likeness (QED) is 0.407. The van der Waals surface area contributed by atoms with E-state index in [1.54, 1.807) is 0 Å². The van der Waals surface area contributed by atoms with Crippen molar-refractivity contribution in [1.29, 1.82) is 0 Å². The van der Waals surface area contributed by atoms with E-state index in [9.17, 15) is 4.79 Å². The van der Waals surface area contributed by atoms with E-state index in [0.29, 0.717) is 32.8 Å². The molecule has 0 fully saturated rings. The normalized spacial score (nSPS) is 11.6. The Hall–Kier alpha value is -0.650. The molecule has 5 nitrogen and oxygen atoms in total. The topological polar surface area (TPSA) is 48.0 Å². The third-order valence-electron chi connectivity index (χ3n) is 2.62. The molecule has 0 unspecified atom stereocenters. The van der Waals surface area contributed by atoms with Crippen molar-refractivity contribution >= 4 is 5.97 Å². The number of nitrogens with zero attached hydrogens (tertiary/aromatic N) is 1. The van der Waals surface area contributed by atoms with E-state index in [1.165, 1.54) is 0 Å². The molecule has 0 radical (unpaired) electrons. The molecule has 0 spiro atoms. The van der Waals surface area contributed by atoms with Crippen LogP contribution in [0.2, 0.25) is 0 Å². The van der Waals surface area contributed by atoms with E-state index in [4.69, 9.17) is 14.2 Å². The monoisotopic (exact) mass is 289 g/mol. The average molecular weight is 289 g/mol. The molecule has 0 aliphatic heterocycles. The highest BCUT2D eigenvalue weighted by Crippen LogP contribution is 1.96. The fourth-order valence-electron chi connectivity index (χ4n) is 1.47. The van der Waals surface area contributed by atoms with Gasteiger partial charge in [-0.15, -0.1) is 0 Å². The van der Waals surface area contributed by atoms with E-state index in [-0.39, 0.29) is 18.2 Å². The Labute approximate surface area is 123 Å². The van der Waals surface area contributed by atoms with Crippen LogP contribution in [0.25, 0.3) is 0 Å². The molecule has 0 saturated carbocycles. The van der Waals surface area contributed by atoms with Crippen molar-refractivity contribution in [3.05, 3.63) is 0 Å². The Kier molecular flexibility index (Phi) is 11.7. The minimum atomic E-state index is -0.147. The van der Waals surface area contributed by atoms with Gasteiger partial charge in [0, 0.05) is 19.5 Å². The molecule has 20 heavy (non-hydrogen) atoms. The molecule has 0 atom stereocenters. The number of carbonyl (C=O) groups is 1. The first-order chi connectivity index (χ1) is 9.41. The van der Waals surface area contributed by atoms with E-state index in [1.807, 2.05) is 34.7 Å². The molecule has 0 aromatic heterocycles. The SMILES string of the molecule is CC(C)OCCCOC(=O)CCN(C)CCOC(C)C. The molecule has 0 bridgehead atoms. The Bertz CT molecular complexity index is 244. The van der Waals surface area contributed by atoms with Crippen LogP contribution in [0.15, 0.2) is 0 Å². The first kappa shape index (κ1) is 19.4. The van der Waals surface area contributed by atoms with Crippen LogP contribution in [-0.4, -0.2) is 63.0 Å². The maximum atomic E-state index is 11.5. The van der Waals surface area contributed by atoms with Crippen molar-refractivity contribution in [2.24, 2.45) is 0 Å². The summed E-state index contributed by atoms with van der Waals surface area (Å²) in [6.45, 7) is 11.3. The summed E-state index contributed by atoms with van der Waals surface area (Å²) in [6, 6.07) is 0. The number of hydrogen-bond donors (Lipinski definition) is 0. The van der Waals surface area contributed by atoms with Crippen molar-refractivity contribution in [3.63, 3.8) is 0 Å². The van der Waals surface area contributed by atoms with Gasteiger partial charge in [-0.3, -0.25) is 4.79 Å². The standard InChI is InChI=1S/C15H31NO4/c1-13(2)18-10-6-11-20-15(17)7-8-16(5)9-12-19-14(3)4/h13-14H,6-12H2,1-5H3. The van der Waals surface area contributed by atoms with Gasteiger partial charge in [-0.1, -0.05) is 0 Å².